The molecule has 0 rings (SSSR count). The van der Waals surface area contributed by atoms with Gasteiger partial charge in [-0.1, -0.05) is 0 Å². The molecular formula is H2O4TeW. The van der Waals surface area contributed by atoms with Crippen LogP contribution in [0, 0.1) is 0 Å². The first-order valence-corrected chi connectivity index (χ1v) is 4.69. The second kappa shape index (κ2) is 3.06. The minimum absolute atomic E-state index is 0. The van der Waals surface area contributed by atoms with Crippen LogP contribution in [0.25, 0.3) is 0 Å². The van der Waals surface area contributed by atoms with Gasteiger partial charge in [-0.2, -0.15) is 0 Å². The summed E-state index contributed by atoms with van der Waals surface area (Å²) < 4.78 is 32.0. The SMILES string of the molecule is O=[Te](=O)(O)O.[W]. The minimum atomic E-state index is -5.52. The van der Waals surface area contributed by atoms with E-state index in [-0.39, 0.29) is 21.1 Å². The van der Waals surface area contributed by atoms with Crippen molar-refractivity contribution in [2.24, 2.45) is 0 Å². The molecule has 0 aromatic carbocycles. The average molecular weight is 377 g/mol. The van der Waals surface area contributed by atoms with Crippen LogP contribution in [0.15, 0.2) is 0 Å². The summed E-state index contributed by atoms with van der Waals surface area (Å²) in [7, 11) is 0. The molecule has 0 aromatic rings. The Hall–Kier alpha value is 0.998. The fourth-order valence-electron chi connectivity index (χ4n) is 0. The van der Waals surface area contributed by atoms with Crippen LogP contribution in [0.5, 0.6) is 0 Å². The van der Waals surface area contributed by atoms with Crippen molar-refractivity contribution >= 4 is 19.0 Å². The van der Waals surface area contributed by atoms with Crippen LogP contribution < -0.4 is 0 Å². The van der Waals surface area contributed by atoms with E-state index in [1.165, 1.54) is 0 Å². The first-order chi connectivity index (χ1) is 2.00. The summed E-state index contributed by atoms with van der Waals surface area (Å²) in [5.74, 6) is 0. The van der Waals surface area contributed by atoms with Gasteiger partial charge in [0.15, 0.2) is 0 Å². The van der Waals surface area contributed by atoms with Crippen molar-refractivity contribution in [1.82, 2.24) is 0 Å². The maximum Gasteiger partial charge on any atom is 0 e. The Kier molecular flexibility index (Phi) is 5.14. The molecule has 0 aliphatic carbocycles. The van der Waals surface area contributed by atoms with E-state index in [0.717, 1.165) is 0 Å². The number of hydrogen-bond donors (Lipinski definition) is 2. The molecule has 6 heavy (non-hydrogen) atoms. The molecule has 0 spiro atoms. The van der Waals surface area contributed by atoms with Gasteiger partial charge in [-0.05, 0) is 0 Å². The van der Waals surface area contributed by atoms with Gasteiger partial charge < -0.3 is 0 Å². The van der Waals surface area contributed by atoms with E-state index in [2.05, 4.69) is 0 Å². The van der Waals surface area contributed by atoms with Gasteiger partial charge in [0.05, 0.1) is 0 Å². The molecule has 4 nitrogen and oxygen atoms in total. The fraction of sp³-hybridized carbons (Fsp3) is 0. The molecule has 0 atom stereocenters. The Balaban J connectivity index is 0. The molecule has 0 unspecified atom stereocenters. The number of hydrogen-bond acceptors (Lipinski definition) is 2. The smallest absolute Gasteiger partial charge is 0 e. The Labute approximate surface area is 53.1 Å². The second-order valence-electron chi connectivity index (χ2n) is 0.448. The molecule has 6 heteroatoms. The van der Waals surface area contributed by atoms with E-state index < -0.39 is 19.0 Å². The summed E-state index contributed by atoms with van der Waals surface area (Å²) in [5.41, 5.74) is 0. The van der Waals surface area contributed by atoms with Crippen molar-refractivity contribution in [2.45, 2.75) is 0 Å². The predicted molar refractivity (Wildman–Crippen MR) is 11.6 cm³/mol. The topological polar surface area (TPSA) is 74.6 Å². The minimum Gasteiger partial charge on any atom is 0 e. The summed E-state index contributed by atoms with van der Waals surface area (Å²) >= 11 is -5.52. The summed E-state index contributed by atoms with van der Waals surface area (Å²) in [6.07, 6.45) is 0. The molecule has 0 aromatic heterocycles. The predicted octanol–water partition coefficient (Wildman–Crippen LogP) is -1.73. The Morgan fingerprint density at radius 3 is 1.17 bits per heavy atom. The molecule has 0 saturated carbocycles. The van der Waals surface area contributed by atoms with Crippen LogP contribution in [-0.4, -0.2) is 25.9 Å². The van der Waals surface area contributed by atoms with Crippen molar-refractivity contribution in [3.63, 3.8) is 0 Å². The summed E-state index contributed by atoms with van der Waals surface area (Å²) in [5, 5.41) is 0. The first-order valence-electron chi connectivity index (χ1n) is 0.698. The summed E-state index contributed by atoms with van der Waals surface area (Å²) in [6, 6.07) is 0. The molecule has 0 amide bonds. The molecule has 0 radical (unpaired) electrons. The summed E-state index contributed by atoms with van der Waals surface area (Å²) in [4.78, 5) is 0. The average Bonchev–Trinajstić information content (AvgIpc) is 0.722. The molecule has 0 bridgehead atoms. The van der Waals surface area contributed by atoms with Gasteiger partial charge in [0, 0.05) is 21.1 Å². The van der Waals surface area contributed by atoms with Crippen molar-refractivity contribution in [3.05, 3.63) is 0 Å². The Bertz CT molecular complexity index is 90.7. The maximum absolute atomic E-state index is 8.85. The fourth-order valence-corrected chi connectivity index (χ4v) is 0. The third kappa shape index (κ3) is 80.2. The zero-order valence-electron chi connectivity index (χ0n) is 2.53. The van der Waals surface area contributed by atoms with Gasteiger partial charge in [0.1, 0.15) is 0 Å². The Morgan fingerprint density at radius 1 is 1.17 bits per heavy atom. The van der Waals surface area contributed by atoms with Gasteiger partial charge in [-0.3, -0.25) is 0 Å². The van der Waals surface area contributed by atoms with Crippen LogP contribution >= 0.6 is 0 Å². The van der Waals surface area contributed by atoms with E-state index >= 15 is 0 Å². The van der Waals surface area contributed by atoms with Crippen LogP contribution in [-0.2, 0) is 27.3 Å². The van der Waals surface area contributed by atoms with Crippen LogP contribution in [0.3, 0.4) is 0 Å². The second-order valence-corrected chi connectivity index (χ2v) is 3.00. The van der Waals surface area contributed by atoms with Gasteiger partial charge in [-0.15, -0.1) is 0 Å². The van der Waals surface area contributed by atoms with E-state index in [9.17, 15) is 0 Å². The van der Waals surface area contributed by atoms with Gasteiger partial charge in [0.2, 0.25) is 0 Å². The molecule has 0 saturated heterocycles. The summed E-state index contributed by atoms with van der Waals surface area (Å²) in [6.45, 7) is 0. The first kappa shape index (κ1) is 10.1. The van der Waals surface area contributed by atoms with Gasteiger partial charge in [0.25, 0.3) is 0 Å². The van der Waals surface area contributed by atoms with E-state index in [0.29, 0.717) is 0 Å². The molecule has 0 aliphatic heterocycles. The van der Waals surface area contributed by atoms with Gasteiger partial charge in [-0.25, -0.2) is 0 Å². The molecule has 2 N–H and O–H groups in total. The normalized spacial score (nSPS) is 9.67. The zero-order valence-corrected chi connectivity index (χ0v) is 7.79. The molecular weight excluding hydrogens is 375 g/mol. The molecule has 38 valence electrons. The van der Waals surface area contributed by atoms with Crippen molar-refractivity contribution in [2.75, 3.05) is 0 Å². The van der Waals surface area contributed by atoms with Crippen molar-refractivity contribution in [1.29, 1.82) is 0 Å². The molecule has 0 fully saturated rings. The quantitative estimate of drug-likeness (QED) is 0.492. The standard InChI is InChI=1S/H2O4Te.W/c1-5(2,3)4;/h(H2,1,2,3,4);. The van der Waals surface area contributed by atoms with Crippen LogP contribution in [0.1, 0.15) is 0 Å². The van der Waals surface area contributed by atoms with Gasteiger partial charge >= 0.3 is 32.1 Å². The maximum atomic E-state index is 8.85. The molecule has 0 heterocycles. The molecule has 0 aliphatic rings. The van der Waals surface area contributed by atoms with Crippen LogP contribution in [0.2, 0.25) is 0 Å². The van der Waals surface area contributed by atoms with E-state index in [4.69, 9.17) is 13.2 Å². The third-order valence-corrected chi connectivity index (χ3v) is 0. The van der Waals surface area contributed by atoms with E-state index in [1.807, 2.05) is 0 Å². The van der Waals surface area contributed by atoms with E-state index in [1.54, 1.807) is 0 Å². The Morgan fingerprint density at radius 2 is 1.17 bits per heavy atom. The third-order valence-electron chi connectivity index (χ3n) is 0. The van der Waals surface area contributed by atoms with Crippen molar-refractivity contribution in [3.8, 4) is 0 Å². The largest absolute Gasteiger partial charge is 0 e. The zero-order chi connectivity index (χ0) is 4.50. The van der Waals surface area contributed by atoms with Crippen LogP contribution in [0.4, 0.5) is 0 Å². The number of rotatable bonds is 0. The monoisotopic (exact) mass is 380 g/mol. The van der Waals surface area contributed by atoms with Crippen molar-refractivity contribution < 1.29 is 34.2 Å².